The lowest BCUT2D eigenvalue weighted by atomic mass is 9.94. The number of ether oxygens (including phenoxy) is 1. The van der Waals surface area contributed by atoms with Gasteiger partial charge in [0.1, 0.15) is 0 Å². The van der Waals surface area contributed by atoms with Crippen LogP contribution < -0.4 is 10.5 Å². The number of rotatable bonds is 4. The first-order valence-electron chi connectivity index (χ1n) is 5.46. The fraction of sp³-hybridized carbons (Fsp3) is 1.00. The largest absolute Gasteiger partial charge is 0.368 e. The van der Waals surface area contributed by atoms with E-state index in [1.807, 2.05) is 27.7 Å². The van der Waals surface area contributed by atoms with Gasteiger partial charge in [0, 0.05) is 12.6 Å². The number of primary sulfonamides is 1. The molecule has 5 nitrogen and oxygen atoms in total. The predicted molar refractivity (Wildman–Crippen MR) is 63.6 cm³/mol. The minimum Gasteiger partial charge on any atom is -0.368 e. The molecule has 1 aliphatic rings. The van der Waals surface area contributed by atoms with E-state index < -0.39 is 10.0 Å². The van der Waals surface area contributed by atoms with E-state index in [0.717, 1.165) is 6.42 Å². The molecule has 1 rings (SSSR count). The molecule has 0 bridgehead atoms. The van der Waals surface area contributed by atoms with Crippen molar-refractivity contribution in [3.63, 3.8) is 0 Å². The third-order valence-electron chi connectivity index (χ3n) is 2.85. The maximum Gasteiger partial charge on any atom is 0.210 e. The summed E-state index contributed by atoms with van der Waals surface area (Å²) in [5.41, 5.74) is -0.440. The van der Waals surface area contributed by atoms with E-state index in [0.29, 0.717) is 6.54 Å². The molecule has 96 valence electrons. The highest BCUT2D eigenvalue weighted by atomic mass is 32.2. The molecule has 0 radical (unpaired) electrons. The fourth-order valence-corrected chi connectivity index (χ4v) is 2.66. The highest BCUT2D eigenvalue weighted by Gasteiger charge is 2.45. The van der Waals surface area contributed by atoms with E-state index in [-0.39, 0.29) is 23.0 Å². The van der Waals surface area contributed by atoms with E-state index in [4.69, 9.17) is 9.88 Å². The summed E-state index contributed by atoms with van der Waals surface area (Å²) in [6.45, 7) is 8.46. The first kappa shape index (κ1) is 13.9. The maximum atomic E-state index is 10.8. The highest BCUT2D eigenvalue weighted by Crippen LogP contribution is 2.36. The Kier molecular flexibility index (Phi) is 3.69. The van der Waals surface area contributed by atoms with Gasteiger partial charge in [0.2, 0.25) is 10.0 Å². The Morgan fingerprint density at radius 3 is 2.31 bits per heavy atom. The third-order valence-corrected chi connectivity index (χ3v) is 3.62. The average Bonchev–Trinajstić information content (AvgIpc) is 2.16. The first-order chi connectivity index (χ1) is 7.02. The van der Waals surface area contributed by atoms with Crippen LogP contribution in [0.3, 0.4) is 0 Å². The minimum absolute atomic E-state index is 0.0417. The van der Waals surface area contributed by atoms with E-state index in [1.165, 1.54) is 0 Å². The van der Waals surface area contributed by atoms with Crippen molar-refractivity contribution in [2.24, 2.45) is 5.14 Å². The van der Waals surface area contributed by atoms with Gasteiger partial charge < -0.3 is 10.1 Å². The number of hydrogen-bond acceptors (Lipinski definition) is 4. The molecule has 0 aromatic heterocycles. The van der Waals surface area contributed by atoms with E-state index in [9.17, 15) is 8.42 Å². The van der Waals surface area contributed by atoms with Crippen LogP contribution in [0, 0.1) is 0 Å². The smallest absolute Gasteiger partial charge is 0.210 e. The molecule has 6 heteroatoms. The summed E-state index contributed by atoms with van der Waals surface area (Å²) in [7, 11) is -3.39. The Bertz CT molecular complexity index is 349. The molecule has 0 aliphatic carbocycles. The zero-order chi connectivity index (χ0) is 12.6. The van der Waals surface area contributed by atoms with Gasteiger partial charge in [-0.25, -0.2) is 13.6 Å². The van der Waals surface area contributed by atoms with Gasteiger partial charge in [-0.3, -0.25) is 0 Å². The molecular weight excluding hydrogens is 228 g/mol. The second-order valence-corrected chi connectivity index (χ2v) is 7.28. The van der Waals surface area contributed by atoms with Crippen molar-refractivity contribution in [3.8, 4) is 0 Å². The second-order valence-electron chi connectivity index (χ2n) is 5.54. The summed E-state index contributed by atoms with van der Waals surface area (Å²) in [6, 6.07) is 0.157. The fourth-order valence-electron chi connectivity index (χ4n) is 2.26. The quantitative estimate of drug-likeness (QED) is 0.747. The summed E-state index contributed by atoms with van der Waals surface area (Å²) < 4.78 is 27.5. The highest BCUT2D eigenvalue weighted by molar-refractivity contribution is 7.89. The van der Waals surface area contributed by atoms with Gasteiger partial charge in [0.25, 0.3) is 0 Å². The van der Waals surface area contributed by atoms with Crippen molar-refractivity contribution in [2.75, 3.05) is 12.3 Å². The van der Waals surface area contributed by atoms with Gasteiger partial charge >= 0.3 is 0 Å². The van der Waals surface area contributed by atoms with Crippen molar-refractivity contribution in [2.45, 2.75) is 51.4 Å². The molecule has 1 heterocycles. The Morgan fingerprint density at radius 1 is 1.38 bits per heavy atom. The van der Waals surface area contributed by atoms with E-state index >= 15 is 0 Å². The van der Waals surface area contributed by atoms with Crippen LogP contribution in [0.25, 0.3) is 0 Å². The zero-order valence-electron chi connectivity index (χ0n) is 10.4. The molecular formula is C10H22N2O3S. The molecule has 1 fully saturated rings. The summed E-state index contributed by atoms with van der Waals surface area (Å²) in [6.07, 6.45) is 0.866. The van der Waals surface area contributed by atoms with Crippen molar-refractivity contribution in [1.82, 2.24) is 5.32 Å². The lowest BCUT2D eigenvalue weighted by molar-refractivity contribution is -0.0696. The van der Waals surface area contributed by atoms with Crippen LogP contribution in [-0.2, 0) is 14.8 Å². The molecule has 1 saturated heterocycles. The topological polar surface area (TPSA) is 81.4 Å². The molecule has 1 aliphatic heterocycles. The standard InChI is InChI=1S/C10H22N2O3S/c1-9(2)7-8(10(3,4)15-9)12-5-6-16(11,13)14/h8,12H,5-7H2,1-4H3,(H2,11,13,14). The molecule has 1 unspecified atom stereocenters. The number of nitrogens with one attached hydrogen (secondary N) is 1. The lowest BCUT2D eigenvalue weighted by Gasteiger charge is -2.27. The van der Waals surface area contributed by atoms with Gasteiger partial charge in [-0.05, 0) is 34.1 Å². The van der Waals surface area contributed by atoms with Gasteiger partial charge in [0.15, 0.2) is 0 Å². The number of sulfonamides is 1. The average molecular weight is 250 g/mol. The van der Waals surface area contributed by atoms with E-state index in [1.54, 1.807) is 0 Å². The summed E-state index contributed by atoms with van der Waals surface area (Å²) in [5, 5.41) is 8.14. The van der Waals surface area contributed by atoms with Gasteiger partial charge in [0.05, 0.1) is 17.0 Å². The molecule has 3 N–H and O–H groups in total. The van der Waals surface area contributed by atoms with Crippen molar-refractivity contribution < 1.29 is 13.2 Å². The Morgan fingerprint density at radius 2 is 1.94 bits per heavy atom. The van der Waals surface area contributed by atoms with Gasteiger partial charge in [-0.1, -0.05) is 0 Å². The SMILES string of the molecule is CC1(C)CC(NCCS(N)(=O)=O)C(C)(C)O1. The molecule has 0 aromatic rings. The molecule has 0 saturated carbocycles. The third kappa shape index (κ3) is 4.01. The number of nitrogens with two attached hydrogens (primary N) is 1. The van der Waals surface area contributed by atoms with Gasteiger partial charge in [-0.15, -0.1) is 0 Å². The van der Waals surface area contributed by atoms with Crippen LogP contribution in [-0.4, -0.2) is 38.0 Å². The Hall–Kier alpha value is -0.170. The normalized spacial score (nSPS) is 28.2. The van der Waals surface area contributed by atoms with Crippen molar-refractivity contribution >= 4 is 10.0 Å². The van der Waals surface area contributed by atoms with Gasteiger partial charge in [-0.2, -0.15) is 0 Å². The monoisotopic (exact) mass is 250 g/mol. The summed E-state index contributed by atoms with van der Waals surface area (Å²) >= 11 is 0. The van der Waals surface area contributed by atoms with Crippen LogP contribution in [0.1, 0.15) is 34.1 Å². The minimum atomic E-state index is -3.39. The second kappa shape index (κ2) is 4.25. The summed E-state index contributed by atoms with van der Waals surface area (Å²) in [4.78, 5) is 0. The van der Waals surface area contributed by atoms with Crippen LogP contribution in [0.15, 0.2) is 0 Å². The molecule has 0 spiro atoms. The van der Waals surface area contributed by atoms with Crippen LogP contribution in [0.2, 0.25) is 0 Å². The first-order valence-corrected chi connectivity index (χ1v) is 7.17. The van der Waals surface area contributed by atoms with Crippen LogP contribution in [0.4, 0.5) is 0 Å². The molecule has 0 aromatic carbocycles. The molecule has 1 atom stereocenters. The van der Waals surface area contributed by atoms with Crippen molar-refractivity contribution in [3.05, 3.63) is 0 Å². The van der Waals surface area contributed by atoms with Crippen LogP contribution >= 0.6 is 0 Å². The number of hydrogen-bond donors (Lipinski definition) is 2. The Balaban J connectivity index is 2.49. The summed E-state index contributed by atoms with van der Waals surface area (Å²) in [5.74, 6) is -0.0417. The lowest BCUT2D eigenvalue weighted by Crippen LogP contribution is -2.45. The maximum absolute atomic E-state index is 10.8. The van der Waals surface area contributed by atoms with E-state index in [2.05, 4.69) is 5.32 Å². The molecule has 16 heavy (non-hydrogen) atoms. The predicted octanol–water partition coefficient (Wildman–Crippen LogP) is 0.211. The Labute approximate surface area is 97.8 Å². The zero-order valence-corrected chi connectivity index (χ0v) is 11.2. The molecule has 0 amide bonds. The van der Waals surface area contributed by atoms with Crippen LogP contribution in [0.5, 0.6) is 0 Å². The van der Waals surface area contributed by atoms with Crippen molar-refractivity contribution in [1.29, 1.82) is 0 Å².